The Hall–Kier alpha value is -0.780. The minimum atomic E-state index is -0.543. The molecule has 0 saturated carbocycles. The molecule has 0 amide bonds. The Kier molecular flexibility index (Phi) is 3.68. The van der Waals surface area contributed by atoms with E-state index in [-0.39, 0.29) is 0 Å². The van der Waals surface area contributed by atoms with Gasteiger partial charge < -0.3 is 16.2 Å². The van der Waals surface area contributed by atoms with Crippen LogP contribution >= 0.6 is 11.8 Å². The topological polar surface area (TPSA) is 71.2 Å². The molecule has 1 aromatic heterocycles. The Bertz CT molecular complexity index is 336. The average molecular weight is 239 g/mol. The van der Waals surface area contributed by atoms with Gasteiger partial charge in [0.2, 0.25) is 0 Å². The van der Waals surface area contributed by atoms with Gasteiger partial charge in [0.15, 0.2) is 0 Å². The van der Waals surface area contributed by atoms with Crippen molar-refractivity contribution in [3.8, 4) is 0 Å². The third-order valence-electron chi connectivity index (χ3n) is 2.78. The molecule has 0 spiro atoms. The van der Waals surface area contributed by atoms with E-state index in [0.29, 0.717) is 11.4 Å². The summed E-state index contributed by atoms with van der Waals surface area (Å²) < 4.78 is 0. The van der Waals surface area contributed by atoms with Gasteiger partial charge in [0.25, 0.3) is 0 Å². The summed E-state index contributed by atoms with van der Waals surface area (Å²) in [6, 6.07) is 3.73. The molecule has 0 unspecified atom stereocenters. The molecule has 2 rings (SSSR count). The zero-order valence-corrected chi connectivity index (χ0v) is 9.96. The van der Waals surface area contributed by atoms with Crippen LogP contribution in [0, 0.1) is 0 Å². The second kappa shape index (κ2) is 5.03. The fraction of sp³-hybridized carbons (Fsp3) is 0.545. The van der Waals surface area contributed by atoms with Crippen molar-refractivity contribution in [3.05, 3.63) is 18.3 Å². The van der Waals surface area contributed by atoms with Crippen molar-refractivity contribution in [2.24, 2.45) is 0 Å². The molecule has 5 heteroatoms. The highest BCUT2D eigenvalue weighted by Gasteiger charge is 2.29. The Morgan fingerprint density at radius 3 is 2.81 bits per heavy atom. The molecule has 2 heterocycles. The van der Waals surface area contributed by atoms with E-state index >= 15 is 0 Å². The second-order valence-corrected chi connectivity index (χ2v) is 5.19. The van der Waals surface area contributed by atoms with Gasteiger partial charge in [0.1, 0.15) is 0 Å². The number of hydrogen-bond acceptors (Lipinski definition) is 5. The maximum absolute atomic E-state index is 10.3. The number of aromatic nitrogens is 1. The monoisotopic (exact) mass is 239 g/mol. The van der Waals surface area contributed by atoms with Crippen LogP contribution in [0.5, 0.6) is 0 Å². The molecule has 0 radical (unpaired) electrons. The average Bonchev–Trinajstić information content (AvgIpc) is 2.29. The zero-order valence-electron chi connectivity index (χ0n) is 9.15. The third kappa shape index (κ3) is 3.10. The molecule has 1 fully saturated rings. The smallest absolute Gasteiger partial charge is 0.0962 e. The van der Waals surface area contributed by atoms with Crippen molar-refractivity contribution in [1.82, 2.24) is 10.3 Å². The first-order chi connectivity index (χ1) is 7.68. The first kappa shape index (κ1) is 11.7. The molecule has 0 aromatic carbocycles. The maximum atomic E-state index is 10.3. The van der Waals surface area contributed by atoms with E-state index in [0.717, 1.165) is 31.0 Å². The number of pyridine rings is 1. The van der Waals surface area contributed by atoms with Gasteiger partial charge in [-0.15, -0.1) is 11.8 Å². The number of hydrogen-bond donors (Lipinski definition) is 3. The predicted molar refractivity (Wildman–Crippen MR) is 66.4 cm³/mol. The van der Waals surface area contributed by atoms with E-state index in [4.69, 9.17) is 5.73 Å². The third-order valence-corrected chi connectivity index (χ3v) is 4.00. The molecule has 1 saturated heterocycles. The molecule has 0 atom stereocenters. The summed E-state index contributed by atoms with van der Waals surface area (Å²) in [4.78, 5) is 4.21. The quantitative estimate of drug-likeness (QED) is 0.683. The summed E-state index contributed by atoms with van der Waals surface area (Å²) in [6.45, 7) is 1.79. The van der Waals surface area contributed by atoms with Crippen LogP contribution in [0.15, 0.2) is 23.4 Å². The fourth-order valence-electron chi connectivity index (χ4n) is 1.72. The van der Waals surface area contributed by atoms with Crippen molar-refractivity contribution in [2.75, 3.05) is 24.6 Å². The summed E-state index contributed by atoms with van der Waals surface area (Å²) in [5.74, 6) is 0.700. The molecular formula is C11H17N3OS. The first-order valence-corrected chi connectivity index (χ1v) is 6.44. The van der Waals surface area contributed by atoms with E-state index in [1.807, 2.05) is 12.1 Å². The van der Waals surface area contributed by atoms with Gasteiger partial charge in [0, 0.05) is 5.75 Å². The van der Waals surface area contributed by atoms with Crippen molar-refractivity contribution < 1.29 is 5.11 Å². The highest BCUT2D eigenvalue weighted by atomic mass is 32.2. The van der Waals surface area contributed by atoms with Crippen molar-refractivity contribution in [1.29, 1.82) is 0 Å². The maximum Gasteiger partial charge on any atom is 0.0962 e. The molecule has 1 aliphatic heterocycles. The van der Waals surface area contributed by atoms with E-state index < -0.39 is 5.60 Å². The van der Waals surface area contributed by atoms with Gasteiger partial charge in [-0.1, -0.05) is 0 Å². The SMILES string of the molecule is Nc1ccc(SCC2(O)CCNCC2)nc1. The summed E-state index contributed by atoms with van der Waals surface area (Å²) in [5.41, 5.74) is 5.69. The Morgan fingerprint density at radius 2 is 2.19 bits per heavy atom. The normalized spacial score (nSPS) is 19.6. The van der Waals surface area contributed by atoms with Crippen LogP contribution in [0.1, 0.15) is 12.8 Å². The number of nitrogens with one attached hydrogen (secondary N) is 1. The lowest BCUT2D eigenvalue weighted by Gasteiger charge is -2.32. The van der Waals surface area contributed by atoms with E-state index in [1.165, 1.54) is 0 Å². The first-order valence-electron chi connectivity index (χ1n) is 5.45. The van der Waals surface area contributed by atoms with Crippen LogP contribution in [0.25, 0.3) is 0 Å². The molecular weight excluding hydrogens is 222 g/mol. The molecule has 4 N–H and O–H groups in total. The van der Waals surface area contributed by atoms with Gasteiger partial charge in [-0.05, 0) is 38.1 Å². The van der Waals surface area contributed by atoms with Gasteiger partial charge in [-0.25, -0.2) is 4.98 Å². The van der Waals surface area contributed by atoms with Crippen LogP contribution in [-0.4, -0.2) is 34.5 Å². The van der Waals surface area contributed by atoms with E-state index in [1.54, 1.807) is 18.0 Å². The van der Waals surface area contributed by atoms with E-state index in [2.05, 4.69) is 10.3 Å². The van der Waals surface area contributed by atoms with Crippen molar-refractivity contribution >= 4 is 17.4 Å². The lowest BCUT2D eigenvalue weighted by Crippen LogP contribution is -2.43. The number of nitrogen functional groups attached to an aromatic ring is 1. The van der Waals surface area contributed by atoms with Crippen LogP contribution < -0.4 is 11.1 Å². The van der Waals surface area contributed by atoms with Crippen LogP contribution in [0.3, 0.4) is 0 Å². The summed E-state index contributed by atoms with van der Waals surface area (Å²) in [7, 11) is 0. The Balaban J connectivity index is 1.88. The second-order valence-electron chi connectivity index (χ2n) is 4.19. The number of nitrogens with two attached hydrogens (primary N) is 1. The lowest BCUT2D eigenvalue weighted by atomic mass is 9.95. The molecule has 16 heavy (non-hydrogen) atoms. The number of rotatable bonds is 3. The molecule has 88 valence electrons. The van der Waals surface area contributed by atoms with Crippen LogP contribution in [0.2, 0.25) is 0 Å². The van der Waals surface area contributed by atoms with Gasteiger partial charge in [-0.2, -0.15) is 0 Å². The van der Waals surface area contributed by atoms with Crippen LogP contribution in [-0.2, 0) is 0 Å². The number of nitrogens with zero attached hydrogens (tertiary/aromatic N) is 1. The van der Waals surface area contributed by atoms with Crippen LogP contribution in [0.4, 0.5) is 5.69 Å². The lowest BCUT2D eigenvalue weighted by molar-refractivity contribution is 0.0339. The van der Waals surface area contributed by atoms with Gasteiger partial charge >= 0.3 is 0 Å². The minimum absolute atomic E-state index is 0.543. The van der Waals surface area contributed by atoms with Crippen molar-refractivity contribution in [3.63, 3.8) is 0 Å². The molecule has 1 aliphatic rings. The Morgan fingerprint density at radius 1 is 1.44 bits per heavy atom. The predicted octanol–water partition coefficient (Wildman–Crippen LogP) is 0.870. The van der Waals surface area contributed by atoms with Crippen molar-refractivity contribution in [2.45, 2.75) is 23.5 Å². The summed E-state index contributed by atoms with van der Waals surface area (Å²) in [6.07, 6.45) is 3.28. The fourth-order valence-corrected chi connectivity index (χ4v) is 2.72. The number of thioether (sulfide) groups is 1. The highest BCUT2D eigenvalue weighted by Crippen LogP contribution is 2.27. The molecule has 1 aromatic rings. The highest BCUT2D eigenvalue weighted by molar-refractivity contribution is 7.99. The number of piperidine rings is 1. The summed E-state index contributed by atoms with van der Waals surface area (Å²) >= 11 is 1.59. The minimum Gasteiger partial charge on any atom is -0.397 e. The standard InChI is InChI=1S/C11H17N3OS/c12-9-1-2-10(14-7-9)16-8-11(15)3-5-13-6-4-11/h1-2,7,13,15H,3-6,8,12H2. The zero-order chi connectivity index (χ0) is 11.4. The molecule has 0 aliphatic carbocycles. The number of anilines is 1. The largest absolute Gasteiger partial charge is 0.397 e. The molecule has 0 bridgehead atoms. The van der Waals surface area contributed by atoms with Gasteiger partial charge in [0.05, 0.1) is 22.5 Å². The van der Waals surface area contributed by atoms with Gasteiger partial charge in [-0.3, -0.25) is 0 Å². The molecule has 4 nitrogen and oxygen atoms in total. The number of aliphatic hydroxyl groups is 1. The Labute approximate surface area is 99.6 Å². The summed E-state index contributed by atoms with van der Waals surface area (Å²) in [5, 5.41) is 14.4. The van der Waals surface area contributed by atoms with E-state index in [9.17, 15) is 5.11 Å².